The molecule has 28 heavy (non-hydrogen) atoms. The van der Waals surface area contributed by atoms with E-state index in [4.69, 9.17) is 4.74 Å². The molecule has 2 aromatic carbocycles. The average molecular weight is 405 g/mol. The average Bonchev–Trinajstić information content (AvgIpc) is 2.69. The van der Waals surface area contributed by atoms with Crippen molar-refractivity contribution in [2.45, 2.75) is 44.1 Å². The third-order valence-corrected chi connectivity index (χ3v) is 6.44. The lowest BCUT2D eigenvalue weighted by Gasteiger charge is -2.32. The molecule has 0 aliphatic carbocycles. The molecule has 1 unspecified atom stereocenters. The van der Waals surface area contributed by atoms with E-state index in [-0.39, 0.29) is 17.3 Å². The van der Waals surface area contributed by atoms with Crippen molar-refractivity contribution in [2.24, 2.45) is 0 Å². The highest BCUT2D eigenvalue weighted by Gasteiger charge is 2.32. The van der Waals surface area contributed by atoms with E-state index < -0.39 is 15.6 Å². The molecule has 2 N–H and O–H groups in total. The number of carbonyl (C=O) groups is 1. The van der Waals surface area contributed by atoms with Gasteiger partial charge in [-0.05, 0) is 42.7 Å². The van der Waals surface area contributed by atoms with Gasteiger partial charge in [-0.1, -0.05) is 44.2 Å². The molecule has 152 valence electrons. The quantitative estimate of drug-likeness (QED) is 0.669. The van der Waals surface area contributed by atoms with Crippen LogP contribution in [0.25, 0.3) is 0 Å². The number of benzene rings is 2. The number of carbonyl (C=O) groups excluding carboxylic acids is 1. The zero-order valence-corrected chi connectivity index (χ0v) is 17.6. The monoisotopic (exact) mass is 404 g/mol. The number of aryl methyl sites for hydroxylation is 1. The zero-order valence-electron chi connectivity index (χ0n) is 16.8. The molecule has 0 aliphatic heterocycles. The number of methoxy groups -OCH3 is 1. The van der Waals surface area contributed by atoms with Crippen LogP contribution in [0, 0.1) is 6.92 Å². The standard InChI is InChI=1S/C21H28N2O4S/c1-5-20(24)23-18-12-13-19(16(3)14-18)28(25,26)22-15-21(6-2,27-4)17-10-8-7-9-11-17/h7-14,22H,5-6,15H2,1-4H3,(H,23,24). The number of hydrogen-bond acceptors (Lipinski definition) is 4. The molecule has 0 bridgehead atoms. The lowest BCUT2D eigenvalue weighted by atomic mass is 9.91. The number of amides is 1. The Morgan fingerprint density at radius 2 is 1.79 bits per heavy atom. The minimum absolute atomic E-state index is 0.111. The fraction of sp³-hybridized carbons (Fsp3) is 0.381. The smallest absolute Gasteiger partial charge is 0.240 e. The van der Waals surface area contributed by atoms with Crippen molar-refractivity contribution in [2.75, 3.05) is 19.0 Å². The largest absolute Gasteiger partial charge is 0.372 e. The summed E-state index contributed by atoms with van der Waals surface area (Å²) in [6, 6.07) is 14.3. The maximum atomic E-state index is 12.9. The fourth-order valence-electron chi connectivity index (χ4n) is 3.07. The van der Waals surface area contributed by atoms with Gasteiger partial charge in [0.05, 0.1) is 4.90 Å². The van der Waals surface area contributed by atoms with Crippen molar-refractivity contribution < 1.29 is 17.9 Å². The number of nitrogens with one attached hydrogen (secondary N) is 2. The van der Waals surface area contributed by atoms with Gasteiger partial charge in [0.25, 0.3) is 0 Å². The van der Waals surface area contributed by atoms with Gasteiger partial charge in [-0.3, -0.25) is 4.79 Å². The van der Waals surface area contributed by atoms with E-state index in [0.717, 1.165) is 5.56 Å². The van der Waals surface area contributed by atoms with Crippen LogP contribution in [0.15, 0.2) is 53.4 Å². The third-order valence-electron chi connectivity index (χ3n) is 4.88. The predicted molar refractivity (Wildman–Crippen MR) is 111 cm³/mol. The molecule has 0 heterocycles. The Morgan fingerprint density at radius 1 is 1.11 bits per heavy atom. The van der Waals surface area contributed by atoms with Crippen molar-refractivity contribution in [3.63, 3.8) is 0 Å². The van der Waals surface area contributed by atoms with E-state index in [0.29, 0.717) is 24.1 Å². The van der Waals surface area contributed by atoms with Crippen molar-refractivity contribution in [1.82, 2.24) is 4.72 Å². The van der Waals surface area contributed by atoms with Gasteiger partial charge in [0, 0.05) is 25.8 Å². The van der Waals surface area contributed by atoms with Crippen LogP contribution < -0.4 is 10.0 Å². The topological polar surface area (TPSA) is 84.5 Å². The molecule has 0 fully saturated rings. The molecule has 0 saturated carbocycles. The Labute approximate surface area is 167 Å². The molecule has 0 aliphatic rings. The molecular weight excluding hydrogens is 376 g/mol. The first-order chi connectivity index (χ1) is 13.3. The number of ether oxygens (including phenoxy) is 1. The van der Waals surface area contributed by atoms with Crippen LogP contribution in [-0.4, -0.2) is 28.0 Å². The number of anilines is 1. The Morgan fingerprint density at radius 3 is 2.32 bits per heavy atom. The summed E-state index contributed by atoms with van der Waals surface area (Å²) < 4.78 is 34.2. The summed E-state index contributed by atoms with van der Waals surface area (Å²) in [5, 5.41) is 2.73. The fourth-order valence-corrected chi connectivity index (χ4v) is 4.38. The summed E-state index contributed by atoms with van der Waals surface area (Å²) >= 11 is 0. The van der Waals surface area contributed by atoms with E-state index in [1.807, 2.05) is 37.3 Å². The minimum Gasteiger partial charge on any atom is -0.372 e. The summed E-state index contributed by atoms with van der Waals surface area (Å²) in [4.78, 5) is 11.7. The van der Waals surface area contributed by atoms with Crippen LogP contribution in [0.5, 0.6) is 0 Å². The maximum Gasteiger partial charge on any atom is 0.240 e. The van der Waals surface area contributed by atoms with Gasteiger partial charge in [-0.25, -0.2) is 13.1 Å². The molecule has 2 rings (SSSR count). The molecule has 0 radical (unpaired) electrons. The second-order valence-electron chi connectivity index (χ2n) is 6.62. The summed E-state index contributed by atoms with van der Waals surface area (Å²) in [7, 11) is -2.16. The second kappa shape index (κ2) is 9.32. The molecule has 2 aromatic rings. The molecular formula is C21H28N2O4S. The van der Waals surface area contributed by atoms with Crippen LogP contribution >= 0.6 is 0 Å². The number of sulfonamides is 1. The minimum atomic E-state index is -3.75. The first-order valence-corrected chi connectivity index (χ1v) is 10.8. The van der Waals surface area contributed by atoms with Gasteiger partial charge in [0.15, 0.2) is 0 Å². The highest BCUT2D eigenvalue weighted by molar-refractivity contribution is 7.89. The van der Waals surface area contributed by atoms with Gasteiger partial charge in [-0.15, -0.1) is 0 Å². The predicted octanol–water partition coefficient (Wildman–Crippen LogP) is 3.57. The molecule has 7 heteroatoms. The SMILES string of the molecule is CCC(=O)Nc1ccc(S(=O)(=O)NCC(CC)(OC)c2ccccc2)c(C)c1. The van der Waals surface area contributed by atoms with Crippen LogP contribution in [0.2, 0.25) is 0 Å². The molecule has 1 amide bonds. The molecule has 6 nitrogen and oxygen atoms in total. The molecule has 0 aromatic heterocycles. The van der Waals surface area contributed by atoms with Crippen LogP contribution in [0.3, 0.4) is 0 Å². The van der Waals surface area contributed by atoms with Gasteiger partial charge in [0.1, 0.15) is 5.60 Å². The molecule has 0 saturated heterocycles. The number of hydrogen-bond donors (Lipinski definition) is 2. The summed E-state index contributed by atoms with van der Waals surface area (Å²) in [5.74, 6) is -0.121. The van der Waals surface area contributed by atoms with E-state index >= 15 is 0 Å². The first-order valence-electron chi connectivity index (χ1n) is 9.29. The van der Waals surface area contributed by atoms with Gasteiger partial charge in [0.2, 0.25) is 15.9 Å². The van der Waals surface area contributed by atoms with Crippen molar-refractivity contribution in [1.29, 1.82) is 0 Å². The third kappa shape index (κ3) is 4.98. The van der Waals surface area contributed by atoms with Gasteiger partial charge < -0.3 is 10.1 Å². The Balaban J connectivity index is 2.24. The first kappa shape index (κ1) is 22.1. The molecule has 1 atom stereocenters. The van der Waals surface area contributed by atoms with E-state index in [2.05, 4.69) is 10.0 Å². The molecule has 0 spiro atoms. The van der Waals surface area contributed by atoms with Gasteiger partial charge >= 0.3 is 0 Å². The Hall–Kier alpha value is -2.22. The van der Waals surface area contributed by atoms with Crippen molar-refractivity contribution in [3.8, 4) is 0 Å². The highest BCUT2D eigenvalue weighted by atomic mass is 32.2. The lowest BCUT2D eigenvalue weighted by molar-refractivity contribution is -0.115. The summed E-state index contributed by atoms with van der Waals surface area (Å²) in [5.41, 5.74) is 1.29. The Bertz CT molecular complexity index is 907. The second-order valence-corrected chi connectivity index (χ2v) is 8.36. The van der Waals surface area contributed by atoms with Gasteiger partial charge in [-0.2, -0.15) is 0 Å². The van der Waals surface area contributed by atoms with E-state index in [1.165, 1.54) is 6.07 Å². The maximum absolute atomic E-state index is 12.9. The van der Waals surface area contributed by atoms with Crippen LogP contribution in [-0.2, 0) is 25.2 Å². The van der Waals surface area contributed by atoms with Crippen LogP contribution in [0.4, 0.5) is 5.69 Å². The van der Waals surface area contributed by atoms with Crippen molar-refractivity contribution in [3.05, 3.63) is 59.7 Å². The summed E-state index contributed by atoms with van der Waals surface area (Å²) in [6.45, 7) is 5.53. The van der Waals surface area contributed by atoms with Crippen molar-refractivity contribution >= 4 is 21.6 Å². The number of rotatable bonds is 9. The Kier molecular flexibility index (Phi) is 7.35. The normalized spacial score (nSPS) is 13.7. The van der Waals surface area contributed by atoms with E-state index in [9.17, 15) is 13.2 Å². The highest BCUT2D eigenvalue weighted by Crippen LogP contribution is 2.29. The lowest BCUT2D eigenvalue weighted by Crippen LogP contribution is -2.42. The van der Waals surface area contributed by atoms with E-state index in [1.54, 1.807) is 33.1 Å². The zero-order chi connectivity index (χ0) is 20.8. The van der Waals surface area contributed by atoms with Crippen LogP contribution in [0.1, 0.15) is 37.8 Å². The summed E-state index contributed by atoms with van der Waals surface area (Å²) in [6.07, 6.45) is 0.966.